The standard InChI is InChI=1S/C13H13ClN2O/c14-11-4-2-1-3-9(11)8-5-6-12-10(7-8)13(15)17-16-12/h1-4,8H,5-7,15H2. The lowest BCUT2D eigenvalue weighted by Gasteiger charge is -2.22. The largest absolute Gasteiger partial charge is 0.367 e. The van der Waals surface area contributed by atoms with Crippen LogP contribution in [-0.4, -0.2) is 5.16 Å². The Morgan fingerprint density at radius 1 is 1.35 bits per heavy atom. The number of halogens is 1. The summed E-state index contributed by atoms with van der Waals surface area (Å²) < 4.78 is 5.03. The molecule has 2 N–H and O–H groups in total. The van der Waals surface area contributed by atoms with Gasteiger partial charge in [0.2, 0.25) is 5.88 Å². The topological polar surface area (TPSA) is 52.0 Å². The molecule has 0 radical (unpaired) electrons. The van der Waals surface area contributed by atoms with Gasteiger partial charge in [0.1, 0.15) is 0 Å². The van der Waals surface area contributed by atoms with E-state index in [0.717, 1.165) is 35.5 Å². The fourth-order valence-corrected chi connectivity index (χ4v) is 2.79. The second-order valence-electron chi connectivity index (χ2n) is 4.43. The summed E-state index contributed by atoms with van der Waals surface area (Å²) in [6, 6.07) is 7.99. The van der Waals surface area contributed by atoms with Gasteiger partial charge in [-0.25, -0.2) is 0 Å². The minimum absolute atomic E-state index is 0.415. The molecule has 1 aliphatic carbocycles. The van der Waals surface area contributed by atoms with Gasteiger partial charge in [-0.05, 0) is 36.8 Å². The van der Waals surface area contributed by atoms with Crippen molar-refractivity contribution < 1.29 is 4.52 Å². The Labute approximate surface area is 105 Å². The van der Waals surface area contributed by atoms with Gasteiger partial charge >= 0.3 is 0 Å². The van der Waals surface area contributed by atoms with E-state index >= 15 is 0 Å². The van der Waals surface area contributed by atoms with Crippen LogP contribution in [-0.2, 0) is 12.8 Å². The minimum atomic E-state index is 0.415. The number of rotatable bonds is 1. The van der Waals surface area contributed by atoms with E-state index in [0.29, 0.717) is 11.8 Å². The van der Waals surface area contributed by atoms with E-state index in [4.69, 9.17) is 21.9 Å². The highest BCUT2D eigenvalue weighted by molar-refractivity contribution is 6.31. The zero-order valence-electron chi connectivity index (χ0n) is 9.32. The number of nitrogens with zero attached hydrogens (tertiary/aromatic N) is 1. The number of nitrogen functional groups attached to an aromatic ring is 1. The molecule has 0 amide bonds. The van der Waals surface area contributed by atoms with Crippen LogP contribution in [0.5, 0.6) is 0 Å². The van der Waals surface area contributed by atoms with Crippen molar-refractivity contribution in [3.8, 4) is 0 Å². The van der Waals surface area contributed by atoms with Crippen LogP contribution in [0.3, 0.4) is 0 Å². The van der Waals surface area contributed by atoms with Crippen molar-refractivity contribution in [3.05, 3.63) is 46.1 Å². The van der Waals surface area contributed by atoms with E-state index in [1.807, 2.05) is 18.2 Å². The van der Waals surface area contributed by atoms with E-state index in [2.05, 4.69) is 11.2 Å². The van der Waals surface area contributed by atoms with Crippen molar-refractivity contribution in [2.24, 2.45) is 0 Å². The summed E-state index contributed by atoms with van der Waals surface area (Å²) in [6.45, 7) is 0. The molecule has 1 unspecified atom stereocenters. The Morgan fingerprint density at radius 3 is 3.00 bits per heavy atom. The molecule has 0 aliphatic heterocycles. The summed E-state index contributed by atoms with van der Waals surface area (Å²) in [7, 11) is 0. The molecule has 0 bridgehead atoms. The maximum Gasteiger partial charge on any atom is 0.225 e. The van der Waals surface area contributed by atoms with Gasteiger partial charge in [0.05, 0.1) is 5.69 Å². The summed E-state index contributed by atoms with van der Waals surface area (Å²) in [5.74, 6) is 0.870. The van der Waals surface area contributed by atoms with Crippen LogP contribution in [0.15, 0.2) is 28.8 Å². The molecule has 1 atom stereocenters. The Bertz CT molecular complexity index is 550. The molecule has 0 fully saturated rings. The fraction of sp³-hybridized carbons (Fsp3) is 0.308. The van der Waals surface area contributed by atoms with Gasteiger partial charge in [-0.1, -0.05) is 35.0 Å². The lowest BCUT2D eigenvalue weighted by atomic mass is 9.83. The summed E-state index contributed by atoms with van der Waals surface area (Å²) in [5.41, 5.74) is 9.03. The molecule has 1 aromatic carbocycles. The maximum atomic E-state index is 6.23. The Morgan fingerprint density at radius 2 is 2.18 bits per heavy atom. The average Bonchev–Trinajstić information content (AvgIpc) is 2.71. The highest BCUT2D eigenvalue weighted by Crippen LogP contribution is 2.37. The number of nitrogens with two attached hydrogens (primary N) is 1. The number of benzene rings is 1. The van der Waals surface area contributed by atoms with Crippen molar-refractivity contribution in [3.63, 3.8) is 0 Å². The van der Waals surface area contributed by atoms with Gasteiger partial charge in [0.15, 0.2) is 0 Å². The van der Waals surface area contributed by atoms with Crippen LogP contribution in [0, 0.1) is 0 Å². The summed E-state index contributed by atoms with van der Waals surface area (Å²) >= 11 is 6.23. The molecular weight excluding hydrogens is 236 g/mol. The number of fused-ring (bicyclic) bond motifs is 1. The Balaban J connectivity index is 1.94. The molecular formula is C13H13ClN2O. The van der Waals surface area contributed by atoms with E-state index < -0.39 is 0 Å². The third kappa shape index (κ3) is 1.80. The number of aryl methyl sites for hydroxylation is 1. The van der Waals surface area contributed by atoms with Gasteiger partial charge in [-0.3, -0.25) is 0 Å². The van der Waals surface area contributed by atoms with Crippen LogP contribution in [0.4, 0.5) is 5.88 Å². The highest BCUT2D eigenvalue weighted by atomic mass is 35.5. The molecule has 0 saturated carbocycles. The van der Waals surface area contributed by atoms with E-state index in [1.165, 1.54) is 5.56 Å². The SMILES string of the molecule is Nc1onc2c1CC(c1ccccc1Cl)CC2. The van der Waals surface area contributed by atoms with Crippen molar-refractivity contribution in [1.29, 1.82) is 0 Å². The summed E-state index contributed by atoms with van der Waals surface area (Å²) in [4.78, 5) is 0. The fourth-order valence-electron chi connectivity index (χ4n) is 2.50. The van der Waals surface area contributed by atoms with Crippen molar-refractivity contribution in [2.45, 2.75) is 25.2 Å². The van der Waals surface area contributed by atoms with Gasteiger partial charge in [0, 0.05) is 10.6 Å². The van der Waals surface area contributed by atoms with Crippen molar-refractivity contribution in [1.82, 2.24) is 5.16 Å². The zero-order chi connectivity index (χ0) is 11.8. The van der Waals surface area contributed by atoms with Crippen LogP contribution in [0.1, 0.15) is 29.2 Å². The first-order valence-electron chi connectivity index (χ1n) is 5.73. The first kappa shape index (κ1) is 10.7. The predicted molar refractivity (Wildman–Crippen MR) is 67.1 cm³/mol. The second kappa shape index (κ2) is 4.08. The molecule has 0 saturated heterocycles. The maximum absolute atomic E-state index is 6.23. The molecule has 3 nitrogen and oxygen atoms in total. The number of hydrogen-bond acceptors (Lipinski definition) is 3. The lowest BCUT2D eigenvalue weighted by Crippen LogP contribution is -2.13. The van der Waals surface area contributed by atoms with Crippen LogP contribution in [0.2, 0.25) is 5.02 Å². The van der Waals surface area contributed by atoms with Crippen molar-refractivity contribution in [2.75, 3.05) is 5.73 Å². The molecule has 17 heavy (non-hydrogen) atoms. The minimum Gasteiger partial charge on any atom is -0.367 e. The molecule has 88 valence electrons. The van der Waals surface area contributed by atoms with E-state index in [1.54, 1.807) is 0 Å². The molecule has 1 aliphatic rings. The summed E-state index contributed by atoms with van der Waals surface area (Å²) in [5, 5.41) is 4.80. The number of anilines is 1. The monoisotopic (exact) mass is 248 g/mol. The smallest absolute Gasteiger partial charge is 0.225 e. The van der Waals surface area contributed by atoms with Crippen molar-refractivity contribution >= 4 is 17.5 Å². The molecule has 1 aromatic heterocycles. The first-order chi connectivity index (χ1) is 8.25. The predicted octanol–water partition coefficient (Wildman–Crippen LogP) is 3.18. The highest BCUT2D eigenvalue weighted by Gasteiger charge is 2.26. The quantitative estimate of drug-likeness (QED) is 0.843. The molecule has 2 aromatic rings. The lowest BCUT2D eigenvalue weighted by molar-refractivity contribution is 0.426. The average molecular weight is 249 g/mol. The molecule has 1 heterocycles. The molecule has 0 spiro atoms. The Hall–Kier alpha value is -1.48. The van der Waals surface area contributed by atoms with Crippen LogP contribution in [0.25, 0.3) is 0 Å². The van der Waals surface area contributed by atoms with E-state index in [9.17, 15) is 0 Å². The van der Waals surface area contributed by atoms with E-state index in [-0.39, 0.29) is 0 Å². The molecule has 4 heteroatoms. The van der Waals surface area contributed by atoms with Crippen LogP contribution < -0.4 is 5.73 Å². The first-order valence-corrected chi connectivity index (χ1v) is 6.11. The second-order valence-corrected chi connectivity index (χ2v) is 4.84. The van der Waals surface area contributed by atoms with Gasteiger partial charge in [0.25, 0.3) is 0 Å². The van der Waals surface area contributed by atoms with Gasteiger partial charge < -0.3 is 10.3 Å². The zero-order valence-corrected chi connectivity index (χ0v) is 10.1. The number of hydrogen-bond donors (Lipinski definition) is 1. The summed E-state index contributed by atoms with van der Waals surface area (Å²) in [6.07, 6.45) is 2.82. The third-order valence-electron chi connectivity index (χ3n) is 3.43. The van der Waals surface area contributed by atoms with Crippen LogP contribution >= 0.6 is 11.6 Å². The normalized spacial score (nSPS) is 19.0. The van der Waals surface area contributed by atoms with Gasteiger partial charge in [-0.15, -0.1) is 0 Å². The molecule has 3 rings (SSSR count). The number of aromatic nitrogens is 1. The Kier molecular flexibility index (Phi) is 2.56. The third-order valence-corrected chi connectivity index (χ3v) is 3.77. The van der Waals surface area contributed by atoms with Gasteiger partial charge in [-0.2, -0.15) is 0 Å².